The lowest BCUT2D eigenvalue weighted by Gasteiger charge is -2.10. The van der Waals surface area contributed by atoms with Crippen molar-refractivity contribution in [3.05, 3.63) is 46.7 Å². The van der Waals surface area contributed by atoms with E-state index in [-0.39, 0.29) is 0 Å². The molecule has 2 rings (SSSR count). The maximum absolute atomic E-state index is 6.62. The first kappa shape index (κ1) is 18.0. The number of nitrogens with one attached hydrogen (secondary N) is 1. The van der Waals surface area contributed by atoms with Crippen LogP contribution in [-0.4, -0.2) is 41.9 Å². The molecule has 0 radical (unpaired) electrons. The van der Waals surface area contributed by atoms with Gasteiger partial charge in [0.1, 0.15) is 5.15 Å². The van der Waals surface area contributed by atoms with Crippen molar-refractivity contribution >= 4 is 11.6 Å². The number of aromatic nitrogens is 2. The molecule has 0 fully saturated rings. The van der Waals surface area contributed by atoms with Crippen molar-refractivity contribution in [1.29, 1.82) is 0 Å². The molecule has 0 atom stereocenters. The second-order valence-corrected chi connectivity index (χ2v) is 6.75. The summed E-state index contributed by atoms with van der Waals surface area (Å²) in [6.07, 6.45) is 1.12. The van der Waals surface area contributed by atoms with Crippen molar-refractivity contribution in [2.45, 2.75) is 32.7 Å². The van der Waals surface area contributed by atoms with Crippen molar-refractivity contribution in [2.24, 2.45) is 0 Å². The fourth-order valence-electron chi connectivity index (χ4n) is 2.55. The summed E-state index contributed by atoms with van der Waals surface area (Å²) in [5.41, 5.74) is 3.17. The third kappa shape index (κ3) is 4.80. The van der Waals surface area contributed by atoms with Crippen molar-refractivity contribution < 1.29 is 0 Å². The molecule has 0 saturated carbocycles. The van der Waals surface area contributed by atoms with Crippen LogP contribution in [0.15, 0.2) is 30.3 Å². The molecular weight excluding hydrogens is 308 g/mol. The standard InChI is InChI=1S/C18H27ClN4/c1-14(2)17-16(13-20-11-8-12-22(3)4)18(19)23(21-17)15-9-6-5-7-10-15/h5-7,9-10,14,20H,8,11-13H2,1-4H3. The number of nitrogens with zero attached hydrogens (tertiary/aromatic N) is 3. The van der Waals surface area contributed by atoms with Gasteiger partial charge in [-0.05, 0) is 51.7 Å². The van der Waals surface area contributed by atoms with Gasteiger partial charge in [-0.25, -0.2) is 4.68 Å². The third-order valence-electron chi connectivity index (χ3n) is 3.76. The second kappa shape index (κ2) is 8.48. The highest BCUT2D eigenvalue weighted by Gasteiger charge is 2.19. The quantitative estimate of drug-likeness (QED) is 0.747. The van der Waals surface area contributed by atoms with Crippen molar-refractivity contribution in [3.8, 4) is 5.69 Å². The molecule has 23 heavy (non-hydrogen) atoms. The maximum atomic E-state index is 6.62. The lowest BCUT2D eigenvalue weighted by molar-refractivity contribution is 0.394. The minimum Gasteiger partial charge on any atom is -0.312 e. The Morgan fingerprint density at radius 3 is 2.52 bits per heavy atom. The maximum Gasteiger partial charge on any atom is 0.137 e. The van der Waals surface area contributed by atoms with Gasteiger partial charge in [-0.1, -0.05) is 43.6 Å². The van der Waals surface area contributed by atoms with Crippen molar-refractivity contribution in [3.63, 3.8) is 0 Å². The van der Waals surface area contributed by atoms with E-state index in [2.05, 4.69) is 38.2 Å². The van der Waals surface area contributed by atoms with Gasteiger partial charge in [0.15, 0.2) is 0 Å². The molecule has 5 heteroatoms. The fraction of sp³-hybridized carbons (Fsp3) is 0.500. The van der Waals surface area contributed by atoms with Crippen LogP contribution in [0.5, 0.6) is 0 Å². The lowest BCUT2D eigenvalue weighted by Crippen LogP contribution is -2.21. The number of halogens is 1. The Labute approximate surface area is 144 Å². The summed E-state index contributed by atoms with van der Waals surface area (Å²) in [5.74, 6) is 0.344. The molecule has 0 unspecified atom stereocenters. The van der Waals surface area contributed by atoms with E-state index >= 15 is 0 Å². The average molecular weight is 335 g/mol. The molecule has 0 aliphatic heterocycles. The van der Waals surface area contributed by atoms with Gasteiger partial charge in [0.2, 0.25) is 0 Å². The number of hydrogen-bond acceptors (Lipinski definition) is 3. The second-order valence-electron chi connectivity index (χ2n) is 6.39. The van der Waals surface area contributed by atoms with Crippen LogP contribution in [0.2, 0.25) is 5.15 Å². The third-order valence-corrected chi connectivity index (χ3v) is 4.15. The predicted octanol–water partition coefficient (Wildman–Crippen LogP) is 3.69. The van der Waals surface area contributed by atoms with Crippen LogP contribution in [0.25, 0.3) is 5.69 Å². The summed E-state index contributed by atoms with van der Waals surface area (Å²) in [7, 11) is 4.19. The zero-order valence-electron chi connectivity index (χ0n) is 14.5. The van der Waals surface area contributed by atoms with E-state index in [4.69, 9.17) is 16.7 Å². The van der Waals surface area contributed by atoms with Crippen LogP contribution >= 0.6 is 11.6 Å². The normalized spacial score (nSPS) is 11.6. The Kier molecular flexibility index (Phi) is 6.63. The molecule has 0 saturated heterocycles. The zero-order chi connectivity index (χ0) is 16.8. The van der Waals surface area contributed by atoms with Crippen LogP contribution in [0.4, 0.5) is 0 Å². The Balaban J connectivity index is 2.13. The minimum atomic E-state index is 0.344. The van der Waals surface area contributed by atoms with E-state index in [9.17, 15) is 0 Å². The largest absolute Gasteiger partial charge is 0.312 e. The van der Waals surface area contributed by atoms with Crippen LogP contribution in [0.3, 0.4) is 0 Å². The van der Waals surface area contributed by atoms with Gasteiger partial charge in [0, 0.05) is 12.1 Å². The molecule has 2 aromatic rings. The van der Waals surface area contributed by atoms with Crippen LogP contribution < -0.4 is 5.32 Å². The molecule has 4 nitrogen and oxygen atoms in total. The first-order valence-electron chi connectivity index (χ1n) is 8.19. The van der Waals surface area contributed by atoms with Gasteiger partial charge >= 0.3 is 0 Å². The summed E-state index contributed by atoms with van der Waals surface area (Å²) in [5, 5.41) is 8.94. The molecule has 1 aromatic heterocycles. The summed E-state index contributed by atoms with van der Waals surface area (Å²) >= 11 is 6.62. The molecule has 126 valence electrons. The molecule has 0 amide bonds. The van der Waals surface area contributed by atoms with Crippen LogP contribution in [0.1, 0.15) is 37.4 Å². The van der Waals surface area contributed by atoms with Gasteiger partial charge in [-0.3, -0.25) is 0 Å². The Bertz CT molecular complexity index is 605. The van der Waals surface area contributed by atoms with Gasteiger partial charge in [0.25, 0.3) is 0 Å². The minimum absolute atomic E-state index is 0.344. The monoisotopic (exact) mass is 334 g/mol. The summed E-state index contributed by atoms with van der Waals surface area (Å²) in [4.78, 5) is 2.20. The van der Waals surface area contributed by atoms with E-state index in [0.29, 0.717) is 11.1 Å². The molecular formula is C18H27ClN4. The topological polar surface area (TPSA) is 33.1 Å². The SMILES string of the molecule is CC(C)c1nn(-c2ccccc2)c(Cl)c1CNCCCN(C)C. The zero-order valence-corrected chi connectivity index (χ0v) is 15.3. The number of para-hydroxylation sites is 1. The Morgan fingerprint density at radius 2 is 1.91 bits per heavy atom. The molecule has 0 bridgehead atoms. The Hall–Kier alpha value is -1.36. The van der Waals surface area contributed by atoms with Crippen molar-refractivity contribution in [1.82, 2.24) is 20.0 Å². The number of benzene rings is 1. The molecule has 0 spiro atoms. The summed E-state index contributed by atoms with van der Waals surface area (Å²) in [6, 6.07) is 10.1. The highest BCUT2D eigenvalue weighted by Crippen LogP contribution is 2.28. The molecule has 1 heterocycles. The molecule has 0 aliphatic carbocycles. The van der Waals surface area contributed by atoms with Gasteiger partial charge in [0.05, 0.1) is 11.4 Å². The van der Waals surface area contributed by atoms with Crippen LogP contribution in [0, 0.1) is 0 Å². The van der Waals surface area contributed by atoms with E-state index in [1.54, 1.807) is 0 Å². The number of hydrogen-bond donors (Lipinski definition) is 1. The van der Waals surface area contributed by atoms with Crippen molar-refractivity contribution in [2.75, 3.05) is 27.2 Å². The number of rotatable bonds is 8. The summed E-state index contributed by atoms with van der Waals surface area (Å²) < 4.78 is 1.84. The van der Waals surface area contributed by atoms with Gasteiger partial charge in [-0.2, -0.15) is 5.10 Å². The predicted molar refractivity (Wildman–Crippen MR) is 97.5 cm³/mol. The van der Waals surface area contributed by atoms with Gasteiger partial charge in [-0.15, -0.1) is 0 Å². The van der Waals surface area contributed by atoms with Gasteiger partial charge < -0.3 is 10.2 Å². The summed E-state index contributed by atoms with van der Waals surface area (Å²) in [6.45, 7) is 7.13. The average Bonchev–Trinajstić information content (AvgIpc) is 2.85. The first-order valence-corrected chi connectivity index (χ1v) is 8.56. The fourth-order valence-corrected chi connectivity index (χ4v) is 2.85. The smallest absolute Gasteiger partial charge is 0.137 e. The molecule has 1 aromatic carbocycles. The highest BCUT2D eigenvalue weighted by molar-refractivity contribution is 6.30. The molecule has 0 aliphatic rings. The van der Waals surface area contributed by atoms with E-state index in [1.165, 1.54) is 0 Å². The Morgan fingerprint density at radius 1 is 1.22 bits per heavy atom. The lowest BCUT2D eigenvalue weighted by atomic mass is 10.1. The van der Waals surface area contributed by atoms with E-state index in [0.717, 1.165) is 43.0 Å². The van der Waals surface area contributed by atoms with E-state index in [1.807, 2.05) is 35.0 Å². The first-order chi connectivity index (χ1) is 11.0. The van der Waals surface area contributed by atoms with E-state index < -0.39 is 0 Å². The van der Waals surface area contributed by atoms with Crippen LogP contribution in [-0.2, 0) is 6.54 Å². The molecule has 1 N–H and O–H groups in total. The highest BCUT2D eigenvalue weighted by atomic mass is 35.5.